The van der Waals surface area contributed by atoms with Crippen LogP contribution in [-0.4, -0.2) is 55.2 Å². The summed E-state index contributed by atoms with van der Waals surface area (Å²) < 4.78 is 5.43. The van der Waals surface area contributed by atoms with E-state index in [1.165, 1.54) is 0 Å². The number of hydrogen-bond acceptors (Lipinski definition) is 7. The zero-order valence-corrected chi connectivity index (χ0v) is 12.4. The Morgan fingerprint density at radius 3 is 2.65 bits per heavy atom. The molecule has 0 bridgehead atoms. The molecular weight excluding hydrogens is 260 g/mol. The third-order valence-electron chi connectivity index (χ3n) is 2.56. The Balaban J connectivity index is 2.78. The summed E-state index contributed by atoms with van der Waals surface area (Å²) in [5, 5.41) is 5.44. The first-order valence-corrected chi connectivity index (χ1v) is 6.59. The van der Waals surface area contributed by atoms with Crippen LogP contribution < -0.4 is 20.3 Å². The minimum absolute atomic E-state index is 0.0257. The highest BCUT2D eigenvalue weighted by atomic mass is 16.5. The monoisotopic (exact) mass is 282 g/mol. The highest BCUT2D eigenvalue weighted by molar-refractivity contribution is 5.76. The van der Waals surface area contributed by atoms with Gasteiger partial charge in [-0.3, -0.25) is 4.79 Å². The van der Waals surface area contributed by atoms with Crippen molar-refractivity contribution in [2.75, 3.05) is 44.5 Å². The quantitative estimate of drug-likeness (QED) is 0.707. The fourth-order valence-electron chi connectivity index (χ4n) is 1.38. The highest BCUT2D eigenvalue weighted by Gasteiger charge is 2.11. The minimum Gasteiger partial charge on any atom is -0.463 e. The van der Waals surface area contributed by atoms with E-state index < -0.39 is 0 Å². The van der Waals surface area contributed by atoms with E-state index in [9.17, 15) is 4.79 Å². The molecule has 112 valence electrons. The van der Waals surface area contributed by atoms with Crippen LogP contribution in [-0.2, 0) is 4.79 Å². The lowest BCUT2D eigenvalue weighted by Gasteiger charge is -2.17. The van der Waals surface area contributed by atoms with E-state index in [2.05, 4.69) is 25.6 Å². The molecular formula is C12H22N6O2. The second-order valence-electron chi connectivity index (χ2n) is 4.18. The summed E-state index contributed by atoms with van der Waals surface area (Å²) in [6.07, 6.45) is 1.25. The molecule has 0 saturated heterocycles. The second-order valence-corrected chi connectivity index (χ2v) is 4.18. The number of aromatic nitrogens is 3. The molecule has 1 aromatic rings. The number of rotatable bonds is 8. The van der Waals surface area contributed by atoms with Gasteiger partial charge in [0.25, 0.3) is 0 Å². The summed E-state index contributed by atoms with van der Waals surface area (Å²) in [5.41, 5.74) is 0. The van der Waals surface area contributed by atoms with Crippen LogP contribution in [0.1, 0.15) is 19.8 Å². The Kier molecular flexibility index (Phi) is 6.48. The van der Waals surface area contributed by atoms with E-state index in [1.54, 1.807) is 19.0 Å². The van der Waals surface area contributed by atoms with Gasteiger partial charge in [-0.1, -0.05) is 6.92 Å². The first kappa shape index (κ1) is 15.9. The first-order chi connectivity index (χ1) is 9.60. The standard InChI is InChI=1S/C12H22N6O2/c1-5-8-20-12-16-10(14-3)15-11(17-12)18(4)7-6-9(19)13-2/h5-8H2,1-4H3,(H,13,19)(H,14,15,16,17). The van der Waals surface area contributed by atoms with E-state index in [1.807, 2.05) is 14.0 Å². The van der Waals surface area contributed by atoms with Crippen molar-refractivity contribution in [3.8, 4) is 6.01 Å². The van der Waals surface area contributed by atoms with Gasteiger partial charge in [0.1, 0.15) is 0 Å². The third kappa shape index (κ3) is 4.87. The molecule has 0 aliphatic carbocycles. The average Bonchev–Trinajstić information content (AvgIpc) is 2.49. The molecule has 1 rings (SSSR count). The minimum atomic E-state index is -0.0257. The molecule has 8 nitrogen and oxygen atoms in total. The number of carbonyl (C=O) groups excluding carboxylic acids is 1. The molecule has 0 saturated carbocycles. The summed E-state index contributed by atoms with van der Waals surface area (Å²) in [5.74, 6) is 0.884. The van der Waals surface area contributed by atoms with E-state index in [0.717, 1.165) is 6.42 Å². The number of nitrogens with zero attached hydrogens (tertiary/aromatic N) is 4. The van der Waals surface area contributed by atoms with E-state index in [4.69, 9.17) is 4.74 Å². The largest absolute Gasteiger partial charge is 0.463 e. The molecule has 1 aromatic heterocycles. The lowest BCUT2D eigenvalue weighted by Crippen LogP contribution is -2.27. The van der Waals surface area contributed by atoms with Crippen LogP contribution in [0.15, 0.2) is 0 Å². The van der Waals surface area contributed by atoms with Gasteiger partial charge < -0.3 is 20.3 Å². The highest BCUT2D eigenvalue weighted by Crippen LogP contribution is 2.14. The number of carbonyl (C=O) groups is 1. The van der Waals surface area contributed by atoms with Gasteiger partial charge in [-0.15, -0.1) is 0 Å². The summed E-state index contributed by atoms with van der Waals surface area (Å²) in [4.78, 5) is 25.6. The van der Waals surface area contributed by atoms with Crippen LogP contribution in [0.3, 0.4) is 0 Å². The smallest absolute Gasteiger partial charge is 0.323 e. The van der Waals surface area contributed by atoms with Crippen LogP contribution in [0.4, 0.5) is 11.9 Å². The maximum Gasteiger partial charge on any atom is 0.323 e. The maximum absolute atomic E-state index is 11.3. The van der Waals surface area contributed by atoms with Crippen LogP contribution in [0.5, 0.6) is 6.01 Å². The molecule has 0 atom stereocenters. The van der Waals surface area contributed by atoms with Gasteiger partial charge in [0, 0.05) is 34.1 Å². The number of ether oxygens (including phenoxy) is 1. The Bertz CT molecular complexity index is 440. The van der Waals surface area contributed by atoms with E-state index in [0.29, 0.717) is 31.5 Å². The number of nitrogens with one attached hydrogen (secondary N) is 2. The molecule has 1 amide bonds. The topological polar surface area (TPSA) is 92.3 Å². The molecule has 2 N–H and O–H groups in total. The summed E-state index contributed by atoms with van der Waals surface area (Å²) in [7, 11) is 5.16. The van der Waals surface area contributed by atoms with E-state index in [-0.39, 0.29) is 11.9 Å². The summed E-state index contributed by atoms with van der Waals surface area (Å²) in [6.45, 7) is 3.07. The zero-order valence-electron chi connectivity index (χ0n) is 12.4. The average molecular weight is 282 g/mol. The van der Waals surface area contributed by atoms with Crippen LogP contribution in [0.25, 0.3) is 0 Å². The van der Waals surface area contributed by atoms with Crippen molar-refractivity contribution >= 4 is 17.8 Å². The summed E-state index contributed by atoms with van der Waals surface area (Å²) in [6, 6.07) is 0.285. The number of amides is 1. The lowest BCUT2D eigenvalue weighted by atomic mass is 10.4. The van der Waals surface area contributed by atoms with Gasteiger partial charge in [0.05, 0.1) is 6.61 Å². The van der Waals surface area contributed by atoms with Gasteiger partial charge in [0.2, 0.25) is 17.8 Å². The molecule has 0 aliphatic rings. The Morgan fingerprint density at radius 1 is 1.30 bits per heavy atom. The van der Waals surface area contributed by atoms with E-state index >= 15 is 0 Å². The molecule has 0 spiro atoms. The zero-order chi connectivity index (χ0) is 15.0. The predicted octanol–water partition coefficient (Wildman–Crippen LogP) is 0.274. The molecule has 0 fully saturated rings. The van der Waals surface area contributed by atoms with Crippen molar-refractivity contribution in [3.63, 3.8) is 0 Å². The van der Waals surface area contributed by atoms with Crippen molar-refractivity contribution in [1.82, 2.24) is 20.3 Å². The Hall–Kier alpha value is -2.12. The predicted molar refractivity (Wildman–Crippen MR) is 77.1 cm³/mol. The Morgan fingerprint density at radius 2 is 2.05 bits per heavy atom. The molecule has 1 heterocycles. The lowest BCUT2D eigenvalue weighted by molar-refractivity contribution is -0.120. The number of anilines is 2. The van der Waals surface area contributed by atoms with Gasteiger partial charge >= 0.3 is 6.01 Å². The van der Waals surface area contributed by atoms with Crippen molar-refractivity contribution in [2.24, 2.45) is 0 Å². The molecule has 0 unspecified atom stereocenters. The van der Waals surface area contributed by atoms with Gasteiger partial charge in [-0.2, -0.15) is 15.0 Å². The van der Waals surface area contributed by atoms with Crippen LogP contribution >= 0.6 is 0 Å². The molecule has 0 aliphatic heterocycles. The van der Waals surface area contributed by atoms with Crippen molar-refractivity contribution in [1.29, 1.82) is 0 Å². The van der Waals surface area contributed by atoms with Gasteiger partial charge in [-0.25, -0.2) is 0 Å². The van der Waals surface area contributed by atoms with Crippen LogP contribution in [0.2, 0.25) is 0 Å². The third-order valence-corrected chi connectivity index (χ3v) is 2.56. The molecule has 0 aromatic carbocycles. The van der Waals surface area contributed by atoms with Crippen LogP contribution in [0, 0.1) is 0 Å². The fraction of sp³-hybridized carbons (Fsp3) is 0.667. The molecule has 20 heavy (non-hydrogen) atoms. The number of hydrogen-bond donors (Lipinski definition) is 2. The Labute approximate surface area is 119 Å². The normalized spacial score (nSPS) is 10.0. The van der Waals surface area contributed by atoms with Gasteiger partial charge in [0.15, 0.2) is 0 Å². The summed E-state index contributed by atoms with van der Waals surface area (Å²) >= 11 is 0. The SMILES string of the molecule is CCCOc1nc(NC)nc(N(C)CCC(=O)NC)n1. The first-order valence-electron chi connectivity index (χ1n) is 6.59. The second kappa shape index (κ2) is 8.13. The fourth-order valence-corrected chi connectivity index (χ4v) is 1.38. The van der Waals surface area contributed by atoms with Crippen molar-refractivity contribution in [2.45, 2.75) is 19.8 Å². The molecule has 8 heteroatoms. The molecule has 0 radical (unpaired) electrons. The van der Waals surface area contributed by atoms with Crippen molar-refractivity contribution in [3.05, 3.63) is 0 Å². The van der Waals surface area contributed by atoms with Gasteiger partial charge in [-0.05, 0) is 6.42 Å². The maximum atomic E-state index is 11.3. The van der Waals surface area contributed by atoms with Crippen molar-refractivity contribution < 1.29 is 9.53 Å².